The number of aromatic nitrogens is 1. The molecule has 1 atom stereocenters. The zero-order valence-electron chi connectivity index (χ0n) is 14.8. The molecule has 3 rings (SSSR count). The summed E-state index contributed by atoms with van der Waals surface area (Å²) in [5.41, 5.74) is 0.327. The number of benzene rings is 1. The van der Waals surface area contributed by atoms with Crippen LogP contribution in [0.5, 0.6) is 0 Å². The minimum absolute atomic E-state index is 0.0486. The van der Waals surface area contributed by atoms with E-state index in [9.17, 15) is 10.1 Å². The quantitative estimate of drug-likeness (QED) is 0.888. The lowest BCUT2D eigenvalue weighted by Gasteiger charge is -2.32. The highest BCUT2D eigenvalue weighted by molar-refractivity contribution is 7.18. The number of likely N-dealkylation sites (N-methyl/N-ethyl adjacent to an activating group) is 1. The standard InChI is InChI=1S/C19H24N4OS/c1-14(18-21-15-8-4-5-9-16(15)25-18)23(2)12-17(24)22-19(13-20)10-6-3-7-11-19/h4-5,8-9,14H,3,6-7,10-12H2,1-2H3,(H,22,24). The van der Waals surface area contributed by atoms with Gasteiger partial charge in [-0.05, 0) is 38.9 Å². The Bertz CT molecular complexity index is 755. The molecule has 0 radical (unpaired) electrons. The number of nitrogens with zero attached hydrogens (tertiary/aromatic N) is 3. The largest absolute Gasteiger partial charge is 0.337 e. The minimum Gasteiger partial charge on any atom is -0.337 e. The Morgan fingerprint density at radius 3 is 2.80 bits per heavy atom. The molecule has 1 aromatic heterocycles. The zero-order chi connectivity index (χ0) is 17.9. The van der Waals surface area contributed by atoms with Crippen molar-refractivity contribution in [1.29, 1.82) is 5.26 Å². The van der Waals surface area contributed by atoms with Crippen molar-refractivity contribution in [3.8, 4) is 6.07 Å². The number of nitrogens with one attached hydrogen (secondary N) is 1. The first-order valence-corrected chi connectivity index (χ1v) is 9.63. The molecule has 132 valence electrons. The van der Waals surface area contributed by atoms with E-state index in [4.69, 9.17) is 0 Å². The van der Waals surface area contributed by atoms with E-state index in [0.29, 0.717) is 0 Å². The lowest BCUT2D eigenvalue weighted by atomic mass is 9.83. The number of thiazole rings is 1. The number of rotatable bonds is 5. The highest BCUT2D eigenvalue weighted by atomic mass is 32.1. The van der Waals surface area contributed by atoms with Gasteiger partial charge in [-0.1, -0.05) is 31.4 Å². The lowest BCUT2D eigenvalue weighted by Crippen LogP contribution is -2.51. The second-order valence-electron chi connectivity index (χ2n) is 6.91. The van der Waals surface area contributed by atoms with Gasteiger partial charge in [0.05, 0.1) is 28.9 Å². The summed E-state index contributed by atoms with van der Waals surface area (Å²) in [7, 11) is 1.93. The maximum atomic E-state index is 12.5. The van der Waals surface area contributed by atoms with Crippen LogP contribution in [0.3, 0.4) is 0 Å². The molecular formula is C19H24N4OS. The summed E-state index contributed by atoms with van der Waals surface area (Å²) in [6.45, 7) is 2.33. The van der Waals surface area contributed by atoms with E-state index in [1.165, 1.54) is 0 Å². The summed E-state index contributed by atoms with van der Waals surface area (Å²) in [5, 5.41) is 13.5. The number of amides is 1. The van der Waals surface area contributed by atoms with E-state index in [0.717, 1.165) is 47.3 Å². The Morgan fingerprint density at radius 2 is 2.12 bits per heavy atom. The first-order valence-electron chi connectivity index (χ1n) is 8.81. The second kappa shape index (κ2) is 7.51. The molecule has 0 bridgehead atoms. The molecule has 1 aliphatic rings. The third kappa shape index (κ3) is 4.00. The Balaban J connectivity index is 1.63. The summed E-state index contributed by atoms with van der Waals surface area (Å²) in [6.07, 6.45) is 4.67. The molecular weight excluding hydrogens is 332 g/mol. The number of nitriles is 1. The Kier molecular flexibility index (Phi) is 5.36. The van der Waals surface area contributed by atoms with Gasteiger partial charge in [0.1, 0.15) is 10.5 Å². The number of hydrogen-bond donors (Lipinski definition) is 1. The number of para-hydroxylation sites is 1. The first-order chi connectivity index (χ1) is 12.0. The topological polar surface area (TPSA) is 69.0 Å². The van der Waals surface area contributed by atoms with Crippen LogP contribution in [0.4, 0.5) is 0 Å². The number of hydrogen-bond acceptors (Lipinski definition) is 5. The van der Waals surface area contributed by atoms with Gasteiger partial charge in [0.15, 0.2) is 0 Å². The van der Waals surface area contributed by atoms with Crippen molar-refractivity contribution in [3.63, 3.8) is 0 Å². The number of carbonyl (C=O) groups is 1. The van der Waals surface area contributed by atoms with Crippen molar-refractivity contribution in [1.82, 2.24) is 15.2 Å². The number of carbonyl (C=O) groups excluding carboxylic acids is 1. The Labute approximate surface area is 152 Å². The number of fused-ring (bicyclic) bond motifs is 1. The molecule has 25 heavy (non-hydrogen) atoms. The van der Waals surface area contributed by atoms with Gasteiger partial charge in [0.2, 0.25) is 5.91 Å². The van der Waals surface area contributed by atoms with Crippen LogP contribution in [-0.4, -0.2) is 34.9 Å². The highest BCUT2D eigenvalue weighted by Gasteiger charge is 2.34. The van der Waals surface area contributed by atoms with Crippen LogP contribution in [0.25, 0.3) is 10.2 Å². The molecule has 1 fully saturated rings. The van der Waals surface area contributed by atoms with Crippen molar-refractivity contribution in [2.45, 2.75) is 50.6 Å². The molecule has 1 amide bonds. The van der Waals surface area contributed by atoms with Gasteiger partial charge in [-0.2, -0.15) is 5.26 Å². The third-order valence-electron chi connectivity index (χ3n) is 5.02. The molecule has 1 aliphatic carbocycles. The predicted octanol–water partition coefficient (Wildman–Crippen LogP) is 3.63. The van der Waals surface area contributed by atoms with Crippen molar-refractivity contribution in [2.24, 2.45) is 0 Å². The van der Waals surface area contributed by atoms with E-state index in [2.05, 4.69) is 29.4 Å². The fraction of sp³-hybridized carbons (Fsp3) is 0.526. The minimum atomic E-state index is -0.671. The molecule has 5 nitrogen and oxygen atoms in total. The fourth-order valence-electron chi connectivity index (χ4n) is 3.35. The Hall–Kier alpha value is -1.97. The summed E-state index contributed by atoms with van der Waals surface area (Å²) in [6, 6.07) is 10.5. The van der Waals surface area contributed by atoms with Crippen molar-refractivity contribution < 1.29 is 4.79 Å². The molecule has 0 saturated heterocycles. The normalized spacial score (nSPS) is 18.0. The van der Waals surface area contributed by atoms with Gasteiger partial charge in [-0.15, -0.1) is 11.3 Å². The maximum absolute atomic E-state index is 12.5. The highest BCUT2D eigenvalue weighted by Crippen LogP contribution is 2.29. The third-order valence-corrected chi connectivity index (χ3v) is 6.23. The van der Waals surface area contributed by atoms with E-state index >= 15 is 0 Å². The summed E-state index contributed by atoms with van der Waals surface area (Å²) >= 11 is 1.66. The molecule has 1 saturated carbocycles. The van der Waals surface area contributed by atoms with E-state index in [-0.39, 0.29) is 18.5 Å². The molecule has 2 aromatic rings. The van der Waals surface area contributed by atoms with Crippen LogP contribution < -0.4 is 5.32 Å². The van der Waals surface area contributed by atoms with Gasteiger partial charge in [-0.3, -0.25) is 9.69 Å². The van der Waals surface area contributed by atoms with Crippen molar-refractivity contribution in [3.05, 3.63) is 29.3 Å². The monoisotopic (exact) mass is 356 g/mol. The molecule has 0 aliphatic heterocycles. The van der Waals surface area contributed by atoms with Crippen LogP contribution >= 0.6 is 11.3 Å². The van der Waals surface area contributed by atoms with Crippen molar-refractivity contribution in [2.75, 3.05) is 13.6 Å². The van der Waals surface area contributed by atoms with E-state index in [1.807, 2.05) is 30.1 Å². The van der Waals surface area contributed by atoms with Crippen molar-refractivity contribution >= 4 is 27.5 Å². The molecule has 1 heterocycles. The van der Waals surface area contributed by atoms with Crippen LogP contribution in [0.2, 0.25) is 0 Å². The summed E-state index contributed by atoms with van der Waals surface area (Å²) in [4.78, 5) is 19.1. The molecule has 1 unspecified atom stereocenters. The van der Waals surface area contributed by atoms with Gasteiger partial charge in [0.25, 0.3) is 0 Å². The van der Waals surface area contributed by atoms with Crippen LogP contribution in [-0.2, 0) is 4.79 Å². The fourth-order valence-corrected chi connectivity index (χ4v) is 4.43. The first kappa shape index (κ1) is 17.8. The summed E-state index contributed by atoms with van der Waals surface area (Å²) in [5.74, 6) is -0.0843. The van der Waals surface area contributed by atoms with Gasteiger partial charge < -0.3 is 5.32 Å². The predicted molar refractivity (Wildman–Crippen MR) is 100 cm³/mol. The lowest BCUT2D eigenvalue weighted by molar-refractivity contribution is -0.124. The summed E-state index contributed by atoms with van der Waals surface area (Å²) < 4.78 is 1.16. The van der Waals surface area contributed by atoms with Crippen LogP contribution in [0.15, 0.2) is 24.3 Å². The molecule has 1 aromatic carbocycles. The maximum Gasteiger partial charge on any atom is 0.235 e. The molecule has 6 heteroatoms. The van der Waals surface area contributed by atoms with Gasteiger partial charge >= 0.3 is 0 Å². The Morgan fingerprint density at radius 1 is 1.40 bits per heavy atom. The second-order valence-corrected chi connectivity index (χ2v) is 7.98. The zero-order valence-corrected chi connectivity index (χ0v) is 15.6. The molecule has 1 N–H and O–H groups in total. The SMILES string of the molecule is CC(c1nc2ccccc2s1)N(C)CC(=O)NC1(C#N)CCCCC1. The molecule has 0 spiro atoms. The van der Waals surface area contributed by atoms with Crippen LogP contribution in [0, 0.1) is 11.3 Å². The smallest absolute Gasteiger partial charge is 0.235 e. The van der Waals surface area contributed by atoms with E-state index < -0.39 is 5.54 Å². The van der Waals surface area contributed by atoms with E-state index in [1.54, 1.807) is 11.3 Å². The average Bonchev–Trinajstić information content (AvgIpc) is 3.05. The van der Waals surface area contributed by atoms with Gasteiger partial charge in [0, 0.05) is 0 Å². The van der Waals surface area contributed by atoms with Crippen LogP contribution in [0.1, 0.15) is 50.1 Å². The van der Waals surface area contributed by atoms with Gasteiger partial charge in [-0.25, -0.2) is 4.98 Å². The average molecular weight is 356 g/mol.